The highest BCUT2D eigenvalue weighted by Crippen LogP contribution is 2.27. The van der Waals surface area contributed by atoms with Gasteiger partial charge in [0.2, 0.25) is 11.8 Å². The van der Waals surface area contributed by atoms with Crippen LogP contribution in [-0.4, -0.2) is 18.4 Å². The molecule has 5 heteroatoms. The van der Waals surface area contributed by atoms with Gasteiger partial charge >= 0.3 is 0 Å². The quantitative estimate of drug-likeness (QED) is 0.616. The molecule has 3 aromatic rings. The highest BCUT2D eigenvalue weighted by molar-refractivity contribution is 6.30. The van der Waals surface area contributed by atoms with Gasteiger partial charge in [-0.1, -0.05) is 78.3 Å². The molecule has 142 valence electrons. The van der Waals surface area contributed by atoms with Crippen LogP contribution in [0.15, 0.2) is 84.9 Å². The van der Waals surface area contributed by atoms with E-state index in [1.165, 1.54) is 0 Å². The number of hydrogen-bond acceptors (Lipinski definition) is 2. The highest BCUT2D eigenvalue weighted by Gasteiger charge is 2.18. The first-order valence-corrected chi connectivity index (χ1v) is 9.41. The summed E-state index contributed by atoms with van der Waals surface area (Å²) in [7, 11) is 0. The lowest BCUT2D eigenvalue weighted by molar-refractivity contribution is -0.124. The molecule has 0 fully saturated rings. The minimum absolute atomic E-state index is 0.0709. The van der Waals surface area contributed by atoms with E-state index >= 15 is 0 Å². The van der Waals surface area contributed by atoms with Crippen LogP contribution < -0.4 is 10.6 Å². The Bertz CT molecular complexity index is 890. The molecule has 0 aliphatic carbocycles. The number of benzene rings is 3. The van der Waals surface area contributed by atoms with Gasteiger partial charge in [0.25, 0.3) is 0 Å². The summed E-state index contributed by atoms with van der Waals surface area (Å²) >= 11 is 5.91. The fraction of sp³-hybridized carbons (Fsp3) is 0.130. The number of anilines is 1. The van der Waals surface area contributed by atoms with Crippen molar-refractivity contribution in [2.45, 2.75) is 12.3 Å². The van der Waals surface area contributed by atoms with Gasteiger partial charge in [0.1, 0.15) is 0 Å². The number of carbonyl (C=O) groups is 2. The number of hydrogen-bond donors (Lipinski definition) is 2. The van der Waals surface area contributed by atoms with Gasteiger partial charge < -0.3 is 10.6 Å². The Balaban J connectivity index is 1.60. The van der Waals surface area contributed by atoms with Gasteiger partial charge in [0.15, 0.2) is 0 Å². The van der Waals surface area contributed by atoms with E-state index in [1.807, 2.05) is 60.7 Å². The molecule has 2 N–H and O–H groups in total. The second kappa shape index (κ2) is 9.72. The molecule has 3 rings (SSSR count). The maximum Gasteiger partial charge on any atom is 0.243 e. The SMILES string of the molecule is O=C(CC(c1ccccc1)c1ccccc1)NCC(=O)Nc1cccc(Cl)c1. The molecule has 0 unspecified atom stereocenters. The average Bonchev–Trinajstić information content (AvgIpc) is 2.72. The van der Waals surface area contributed by atoms with E-state index < -0.39 is 0 Å². The molecular weight excluding hydrogens is 372 g/mol. The predicted molar refractivity (Wildman–Crippen MR) is 112 cm³/mol. The van der Waals surface area contributed by atoms with Crippen LogP contribution in [0.5, 0.6) is 0 Å². The van der Waals surface area contributed by atoms with Crippen molar-refractivity contribution in [3.63, 3.8) is 0 Å². The van der Waals surface area contributed by atoms with Crippen molar-refractivity contribution in [2.24, 2.45) is 0 Å². The zero-order valence-corrected chi connectivity index (χ0v) is 16.0. The van der Waals surface area contributed by atoms with Crippen molar-refractivity contribution in [1.82, 2.24) is 5.32 Å². The van der Waals surface area contributed by atoms with Crippen molar-refractivity contribution in [2.75, 3.05) is 11.9 Å². The molecule has 0 atom stereocenters. The van der Waals surface area contributed by atoms with E-state index in [9.17, 15) is 9.59 Å². The summed E-state index contributed by atoms with van der Waals surface area (Å²) in [5.74, 6) is -0.552. The van der Waals surface area contributed by atoms with Crippen molar-refractivity contribution >= 4 is 29.1 Å². The summed E-state index contributed by atoms with van der Waals surface area (Å²) < 4.78 is 0. The van der Waals surface area contributed by atoms with Crippen molar-refractivity contribution in [3.05, 3.63) is 101 Å². The Morgan fingerprint density at radius 3 is 1.96 bits per heavy atom. The van der Waals surface area contributed by atoms with E-state index in [0.717, 1.165) is 11.1 Å². The third kappa shape index (κ3) is 5.69. The van der Waals surface area contributed by atoms with Crippen LogP contribution in [0.1, 0.15) is 23.5 Å². The fourth-order valence-electron chi connectivity index (χ4n) is 3.01. The molecule has 0 saturated heterocycles. The van der Waals surface area contributed by atoms with Crippen LogP contribution in [0, 0.1) is 0 Å². The lowest BCUT2D eigenvalue weighted by atomic mass is 9.88. The van der Waals surface area contributed by atoms with E-state index in [0.29, 0.717) is 10.7 Å². The summed E-state index contributed by atoms with van der Waals surface area (Å²) in [6.45, 7) is -0.0956. The number of carbonyl (C=O) groups excluding carboxylic acids is 2. The van der Waals surface area contributed by atoms with Gasteiger partial charge in [-0.25, -0.2) is 0 Å². The Kier molecular flexibility index (Phi) is 6.82. The summed E-state index contributed by atoms with van der Waals surface area (Å²) in [5, 5.41) is 5.96. The molecule has 28 heavy (non-hydrogen) atoms. The number of rotatable bonds is 7. The topological polar surface area (TPSA) is 58.2 Å². The van der Waals surface area contributed by atoms with Crippen LogP contribution >= 0.6 is 11.6 Å². The average molecular weight is 393 g/mol. The van der Waals surface area contributed by atoms with Gasteiger partial charge in [-0.15, -0.1) is 0 Å². The molecular formula is C23H21ClN2O2. The third-order valence-electron chi connectivity index (χ3n) is 4.35. The first-order valence-electron chi connectivity index (χ1n) is 9.04. The Morgan fingerprint density at radius 2 is 1.39 bits per heavy atom. The highest BCUT2D eigenvalue weighted by atomic mass is 35.5. The van der Waals surface area contributed by atoms with Crippen LogP contribution in [0.3, 0.4) is 0 Å². The molecule has 0 aromatic heterocycles. The Hall–Kier alpha value is -3.11. The summed E-state index contributed by atoms with van der Waals surface area (Å²) in [6, 6.07) is 26.7. The van der Waals surface area contributed by atoms with Crippen molar-refractivity contribution in [3.8, 4) is 0 Å². The molecule has 0 radical (unpaired) electrons. The Labute approximate surface area is 169 Å². The second-order valence-corrected chi connectivity index (χ2v) is 6.85. The number of nitrogens with one attached hydrogen (secondary N) is 2. The molecule has 0 saturated carbocycles. The van der Waals surface area contributed by atoms with Crippen molar-refractivity contribution in [1.29, 1.82) is 0 Å². The molecule has 3 aromatic carbocycles. The van der Waals surface area contributed by atoms with Gasteiger partial charge in [-0.2, -0.15) is 0 Å². The van der Waals surface area contributed by atoms with Crippen LogP contribution in [0.25, 0.3) is 0 Å². The lowest BCUT2D eigenvalue weighted by Crippen LogP contribution is -2.33. The first kappa shape index (κ1) is 19.6. The maximum atomic E-state index is 12.5. The third-order valence-corrected chi connectivity index (χ3v) is 4.58. The smallest absolute Gasteiger partial charge is 0.243 e. The standard InChI is InChI=1S/C23H21ClN2O2/c24-19-12-7-13-20(14-19)26-23(28)16-25-22(27)15-21(17-8-3-1-4-9-17)18-10-5-2-6-11-18/h1-14,21H,15-16H2,(H,25,27)(H,26,28). The van der Waals surface area contributed by atoms with E-state index in [2.05, 4.69) is 10.6 Å². The van der Waals surface area contributed by atoms with Gasteiger partial charge in [-0.05, 0) is 29.3 Å². The van der Waals surface area contributed by atoms with Crippen LogP contribution in [0.4, 0.5) is 5.69 Å². The van der Waals surface area contributed by atoms with E-state index in [-0.39, 0.29) is 30.7 Å². The minimum Gasteiger partial charge on any atom is -0.347 e. The second-order valence-electron chi connectivity index (χ2n) is 6.41. The zero-order chi connectivity index (χ0) is 19.8. The predicted octanol–water partition coefficient (Wildman–Crippen LogP) is 4.62. The molecule has 4 nitrogen and oxygen atoms in total. The molecule has 0 bridgehead atoms. The van der Waals surface area contributed by atoms with Gasteiger partial charge in [0, 0.05) is 23.0 Å². The van der Waals surface area contributed by atoms with Crippen LogP contribution in [0.2, 0.25) is 5.02 Å². The number of halogens is 1. The molecule has 0 spiro atoms. The molecule has 0 heterocycles. The van der Waals surface area contributed by atoms with Crippen molar-refractivity contribution < 1.29 is 9.59 Å². The maximum absolute atomic E-state index is 12.5. The number of amides is 2. The minimum atomic E-state index is -0.299. The summed E-state index contributed by atoms with van der Waals surface area (Å²) in [6.07, 6.45) is 0.262. The lowest BCUT2D eigenvalue weighted by Gasteiger charge is -2.18. The Morgan fingerprint density at radius 1 is 0.786 bits per heavy atom. The fourth-order valence-corrected chi connectivity index (χ4v) is 3.20. The summed E-state index contributed by atoms with van der Waals surface area (Å²) in [4.78, 5) is 24.6. The van der Waals surface area contributed by atoms with E-state index in [1.54, 1.807) is 24.3 Å². The molecule has 0 aliphatic rings. The molecule has 2 amide bonds. The van der Waals surface area contributed by atoms with Crippen LogP contribution in [-0.2, 0) is 9.59 Å². The zero-order valence-electron chi connectivity index (χ0n) is 15.3. The first-order chi connectivity index (χ1) is 13.6. The molecule has 0 aliphatic heterocycles. The normalized spacial score (nSPS) is 10.5. The monoisotopic (exact) mass is 392 g/mol. The summed E-state index contributed by atoms with van der Waals surface area (Å²) in [5.41, 5.74) is 2.72. The van der Waals surface area contributed by atoms with Gasteiger partial charge in [0.05, 0.1) is 6.54 Å². The largest absolute Gasteiger partial charge is 0.347 e. The van der Waals surface area contributed by atoms with E-state index in [4.69, 9.17) is 11.6 Å². The van der Waals surface area contributed by atoms with Gasteiger partial charge in [-0.3, -0.25) is 9.59 Å².